The fraction of sp³-hybridized carbons (Fsp3) is 0.227. The molecule has 0 aliphatic carbocycles. The molecule has 12 heteroatoms. The summed E-state index contributed by atoms with van der Waals surface area (Å²) in [6.45, 7) is 26.0. The van der Waals surface area contributed by atoms with Crippen molar-refractivity contribution in [1.29, 1.82) is 0 Å². The average molecular weight is 1030 g/mol. The number of rotatable bonds is 9. The molecule has 3 heterocycles. The molecule has 3 aliphatic rings. The minimum absolute atomic E-state index is 0.0162. The van der Waals surface area contributed by atoms with Gasteiger partial charge in [0.1, 0.15) is 0 Å². The highest BCUT2D eigenvalue weighted by Gasteiger charge is 2.28. The zero-order valence-electron chi connectivity index (χ0n) is 46.6. The van der Waals surface area contributed by atoms with Gasteiger partial charge in [-0.05, 0) is 145 Å². The standard InChI is InChI=1S/C66H66N12/c1-40-13-25-49(26-14-40)67-58-61(70-52-31-19-46(20-32-52)64(4,5)6)76-55(73-58)43-37-44(56-74-59(68-50-27-15-41(2)16-28-50)62(77-56)71-53-33-21-47(22-34-53)65(7,8)9)39-45(38-43)57-75-60(69-51-29-17-42(3)18-30-51)63(78-57)72-54-35-23-48(24-36-54)66(10,11)12/h13-39H,1-12H3,(H,67,70,73,76)(H,68,71,74,77)(H,69,72,75,78). The summed E-state index contributed by atoms with van der Waals surface area (Å²) in [4.78, 5) is 46.4. The molecule has 12 nitrogen and oxygen atoms in total. The number of aryl methyl sites for hydroxylation is 3. The third-order valence-electron chi connectivity index (χ3n) is 13.5. The third kappa shape index (κ3) is 12.5. The SMILES string of the molecule is Cc1ccc(NC2=NC(c3cc(C4=NC(=Nc5ccc(C(C)(C)C)cc5)C(Nc5ccc(C)cc5)=N4)cc(C4=NC(=Nc5ccc(C(C)(C)C)cc5)C(Nc5ccc(C)cc5)=N4)c3)=NC2=Nc2ccc(C(C)(C)C)cc2)cc1. The minimum Gasteiger partial charge on any atom is -0.337 e. The van der Waals surface area contributed by atoms with E-state index in [2.05, 4.69) is 172 Å². The molecule has 0 unspecified atom stereocenters. The lowest BCUT2D eigenvalue weighted by Crippen LogP contribution is -2.18. The summed E-state index contributed by atoms with van der Waals surface area (Å²) < 4.78 is 0. The van der Waals surface area contributed by atoms with Gasteiger partial charge in [0.05, 0.1) is 17.1 Å². The van der Waals surface area contributed by atoms with Gasteiger partial charge in [-0.2, -0.15) is 0 Å². The van der Waals surface area contributed by atoms with Crippen LogP contribution in [0.5, 0.6) is 0 Å². The predicted octanol–water partition coefficient (Wildman–Crippen LogP) is 15.5. The normalized spacial score (nSPS) is 16.2. The number of hydrogen-bond acceptors (Lipinski definition) is 9. The van der Waals surface area contributed by atoms with E-state index in [9.17, 15) is 0 Å². The zero-order valence-corrected chi connectivity index (χ0v) is 46.6. The van der Waals surface area contributed by atoms with Gasteiger partial charge >= 0.3 is 0 Å². The van der Waals surface area contributed by atoms with Crippen LogP contribution < -0.4 is 16.0 Å². The molecule has 0 saturated carbocycles. The number of aliphatic imine (C=N–C) groups is 9. The summed E-state index contributed by atoms with van der Waals surface area (Å²) in [6, 6.07) is 55.4. The summed E-state index contributed by atoms with van der Waals surface area (Å²) in [6.07, 6.45) is 0. The van der Waals surface area contributed by atoms with Crippen LogP contribution in [0.25, 0.3) is 0 Å². The maximum Gasteiger partial charge on any atom is 0.198 e. The lowest BCUT2D eigenvalue weighted by Gasteiger charge is -2.18. The van der Waals surface area contributed by atoms with Crippen molar-refractivity contribution in [3.8, 4) is 0 Å². The lowest BCUT2D eigenvalue weighted by molar-refractivity contribution is 0.590. The van der Waals surface area contributed by atoms with Crippen molar-refractivity contribution in [2.24, 2.45) is 44.9 Å². The van der Waals surface area contributed by atoms with Crippen molar-refractivity contribution in [1.82, 2.24) is 0 Å². The highest BCUT2D eigenvalue weighted by atomic mass is 15.2. The molecule has 10 rings (SSSR count). The first-order valence-electron chi connectivity index (χ1n) is 26.4. The fourth-order valence-electron chi connectivity index (χ4n) is 8.69. The van der Waals surface area contributed by atoms with Crippen LogP contribution in [0.15, 0.2) is 209 Å². The largest absolute Gasteiger partial charge is 0.337 e. The van der Waals surface area contributed by atoms with Crippen molar-refractivity contribution in [3.63, 3.8) is 0 Å². The Hall–Kier alpha value is -9.03. The Labute approximate surface area is 458 Å². The maximum atomic E-state index is 5.19. The molecule has 0 bridgehead atoms. The van der Waals surface area contributed by atoms with E-state index in [-0.39, 0.29) is 16.2 Å². The van der Waals surface area contributed by atoms with Crippen molar-refractivity contribution in [3.05, 3.63) is 214 Å². The van der Waals surface area contributed by atoms with Crippen LogP contribution in [0.3, 0.4) is 0 Å². The van der Waals surface area contributed by atoms with E-state index in [1.807, 2.05) is 91.0 Å². The second-order valence-corrected chi connectivity index (χ2v) is 23.2. The number of nitrogens with zero attached hydrogens (tertiary/aromatic N) is 9. The molecule has 0 amide bonds. The molecule has 390 valence electrons. The molecule has 0 aromatic heterocycles. The Morgan fingerprint density at radius 3 is 0.744 bits per heavy atom. The van der Waals surface area contributed by atoms with Gasteiger partial charge in [-0.15, -0.1) is 0 Å². The van der Waals surface area contributed by atoms with Crippen LogP contribution in [0.1, 0.15) is 112 Å². The van der Waals surface area contributed by atoms with Crippen molar-refractivity contribution < 1.29 is 0 Å². The van der Waals surface area contributed by atoms with Crippen molar-refractivity contribution in [2.45, 2.75) is 99.3 Å². The van der Waals surface area contributed by atoms with Crippen LogP contribution >= 0.6 is 0 Å². The lowest BCUT2D eigenvalue weighted by atomic mass is 9.87. The second kappa shape index (κ2) is 21.2. The minimum atomic E-state index is -0.0162. The first kappa shape index (κ1) is 52.4. The van der Waals surface area contributed by atoms with Crippen LogP contribution in [0, 0.1) is 20.8 Å². The van der Waals surface area contributed by atoms with E-state index in [1.54, 1.807) is 0 Å². The maximum absolute atomic E-state index is 5.19. The van der Waals surface area contributed by atoms with E-state index < -0.39 is 0 Å². The van der Waals surface area contributed by atoms with Gasteiger partial charge in [0, 0.05) is 33.8 Å². The van der Waals surface area contributed by atoms with Gasteiger partial charge in [0.2, 0.25) is 0 Å². The Balaban J connectivity index is 1.14. The smallest absolute Gasteiger partial charge is 0.198 e. The number of anilines is 3. The molecule has 3 aliphatic heterocycles. The first-order valence-corrected chi connectivity index (χ1v) is 26.4. The molecule has 3 N–H and O–H groups in total. The molecular formula is C66H66N12. The molecule has 0 saturated heterocycles. The van der Waals surface area contributed by atoms with E-state index in [0.717, 1.165) is 50.8 Å². The van der Waals surface area contributed by atoms with Crippen molar-refractivity contribution in [2.75, 3.05) is 16.0 Å². The summed E-state index contributed by atoms with van der Waals surface area (Å²) in [5.74, 6) is 4.09. The zero-order chi connectivity index (χ0) is 54.9. The van der Waals surface area contributed by atoms with Gasteiger partial charge in [-0.1, -0.05) is 152 Å². The fourth-order valence-corrected chi connectivity index (χ4v) is 8.69. The Bertz CT molecular complexity index is 3290. The first-order chi connectivity index (χ1) is 37.1. The summed E-state index contributed by atoms with van der Waals surface area (Å²) >= 11 is 0. The van der Waals surface area contributed by atoms with Gasteiger partial charge in [0.15, 0.2) is 52.5 Å². The van der Waals surface area contributed by atoms with Crippen LogP contribution in [-0.4, -0.2) is 52.5 Å². The predicted molar refractivity (Wildman–Crippen MR) is 329 cm³/mol. The van der Waals surface area contributed by atoms with Gasteiger partial charge < -0.3 is 16.0 Å². The van der Waals surface area contributed by atoms with Crippen molar-refractivity contribution >= 4 is 86.6 Å². The van der Waals surface area contributed by atoms with Crippen LogP contribution in [-0.2, 0) is 16.2 Å². The molecule has 0 atom stereocenters. The number of amidine groups is 9. The average Bonchev–Trinajstić information content (AvgIpc) is 4.14. The molecule has 0 spiro atoms. The van der Waals surface area contributed by atoms with E-state index in [0.29, 0.717) is 69.2 Å². The van der Waals surface area contributed by atoms with Gasteiger partial charge in [-0.3, -0.25) is 0 Å². The monoisotopic (exact) mass is 1030 g/mol. The van der Waals surface area contributed by atoms with Gasteiger partial charge in [-0.25, -0.2) is 44.9 Å². The van der Waals surface area contributed by atoms with Crippen LogP contribution in [0.4, 0.5) is 34.1 Å². The Morgan fingerprint density at radius 1 is 0.295 bits per heavy atom. The van der Waals surface area contributed by atoms with Crippen LogP contribution in [0.2, 0.25) is 0 Å². The Morgan fingerprint density at radius 2 is 0.526 bits per heavy atom. The second-order valence-electron chi connectivity index (χ2n) is 23.2. The third-order valence-corrected chi connectivity index (χ3v) is 13.5. The molecule has 0 fully saturated rings. The quantitative estimate of drug-likeness (QED) is 0.132. The molecular weight excluding hydrogens is 961 g/mol. The molecule has 7 aromatic rings. The summed E-state index contributed by atoms with van der Waals surface area (Å²) in [7, 11) is 0. The highest BCUT2D eigenvalue weighted by molar-refractivity contribution is 6.54. The number of hydrogen-bond donors (Lipinski definition) is 3. The molecule has 0 radical (unpaired) electrons. The highest BCUT2D eigenvalue weighted by Crippen LogP contribution is 2.30. The summed E-state index contributed by atoms with van der Waals surface area (Å²) in [5, 5.41) is 10.6. The van der Waals surface area contributed by atoms with E-state index >= 15 is 0 Å². The van der Waals surface area contributed by atoms with E-state index in [4.69, 9.17) is 44.9 Å². The number of nitrogens with one attached hydrogen (secondary N) is 3. The Kier molecular flexibility index (Phi) is 14.2. The van der Waals surface area contributed by atoms with E-state index in [1.165, 1.54) is 16.7 Å². The van der Waals surface area contributed by atoms with Gasteiger partial charge in [0.25, 0.3) is 0 Å². The molecule has 78 heavy (non-hydrogen) atoms. The molecule has 7 aromatic carbocycles. The topological polar surface area (TPSA) is 147 Å². The number of benzene rings is 7. The summed E-state index contributed by atoms with van der Waals surface area (Å²) in [5.41, 5.74) is 13.8.